The first-order valence-electron chi connectivity index (χ1n) is 12.6. The second-order valence-corrected chi connectivity index (χ2v) is 9.29. The number of nitrogens with zero attached hydrogens (tertiary/aromatic N) is 3. The van der Waals surface area contributed by atoms with Gasteiger partial charge in [-0.3, -0.25) is 9.59 Å². The topological polar surface area (TPSA) is 114 Å². The molecule has 8 nitrogen and oxygen atoms in total. The molecule has 2 aromatic heterocycles. The molecule has 5 aromatic rings. The number of hydrogen-bond acceptors (Lipinski definition) is 6. The van der Waals surface area contributed by atoms with Crippen molar-refractivity contribution >= 4 is 50.4 Å². The van der Waals surface area contributed by atoms with Crippen LogP contribution in [0.15, 0.2) is 71.5 Å². The van der Waals surface area contributed by atoms with Crippen LogP contribution in [0.5, 0.6) is 0 Å². The molecule has 2 heterocycles. The third-order valence-corrected chi connectivity index (χ3v) is 6.48. The minimum Gasteiger partial charge on any atom is -0.397 e. The van der Waals surface area contributed by atoms with Crippen LogP contribution in [0.2, 0.25) is 0 Å². The normalized spacial score (nSPS) is 11.3. The number of nitrogen functional groups attached to an aromatic ring is 1. The lowest BCUT2D eigenvalue weighted by molar-refractivity contribution is -0.116. The number of carbonyl (C=O) groups is 1. The molecule has 8 heteroatoms. The van der Waals surface area contributed by atoms with E-state index in [9.17, 15) is 9.59 Å². The van der Waals surface area contributed by atoms with Crippen molar-refractivity contribution in [1.82, 2.24) is 14.6 Å². The fourth-order valence-electron chi connectivity index (χ4n) is 4.52. The van der Waals surface area contributed by atoms with E-state index in [-0.39, 0.29) is 11.5 Å². The minimum absolute atomic E-state index is 0.0235. The van der Waals surface area contributed by atoms with Crippen molar-refractivity contribution < 1.29 is 4.79 Å². The number of aryl methyl sites for hydroxylation is 1. The van der Waals surface area contributed by atoms with Gasteiger partial charge in [0.1, 0.15) is 0 Å². The molecule has 4 N–H and O–H groups in total. The summed E-state index contributed by atoms with van der Waals surface area (Å²) in [5.74, 6) is 0.642. The van der Waals surface area contributed by atoms with Gasteiger partial charge in [0.25, 0.3) is 5.56 Å². The molecule has 0 aliphatic heterocycles. The number of nitrogens with two attached hydrogens (primary N) is 1. The number of benzene rings is 3. The van der Waals surface area contributed by atoms with Crippen molar-refractivity contribution in [2.24, 2.45) is 0 Å². The van der Waals surface area contributed by atoms with Crippen LogP contribution in [0.3, 0.4) is 0 Å². The average molecular weight is 495 g/mol. The lowest BCUT2D eigenvalue weighted by Gasteiger charge is -2.12. The number of nitrogens with one attached hydrogen (secondary N) is 2. The lowest BCUT2D eigenvalue weighted by atomic mass is 10.1. The molecule has 0 aliphatic carbocycles. The molecule has 1 amide bonds. The first-order chi connectivity index (χ1) is 18.0. The van der Waals surface area contributed by atoms with Gasteiger partial charge in [0.05, 0.1) is 22.3 Å². The highest BCUT2D eigenvalue weighted by Gasteiger charge is 2.13. The first kappa shape index (κ1) is 24.2. The monoisotopic (exact) mass is 494 g/mol. The number of unbranched alkanes of at least 4 members (excludes halogenated alkanes) is 3. The zero-order valence-electron chi connectivity index (χ0n) is 20.8. The van der Waals surface area contributed by atoms with Crippen molar-refractivity contribution in [3.05, 3.63) is 82.6 Å². The number of fused-ring (bicyclic) bond motifs is 4. The predicted octanol–water partition coefficient (Wildman–Crippen LogP) is 5.29. The number of carbonyl (C=O) groups excluding carboxylic acids is 1. The van der Waals surface area contributed by atoms with E-state index < -0.39 is 0 Å². The molecule has 0 spiro atoms. The zero-order chi connectivity index (χ0) is 25.8. The molecule has 0 saturated carbocycles. The van der Waals surface area contributed by atoms with E-state index in [2.05, 4.69) is 15.7 Å². The summed E-state index contributed by atoms with van der Waals surface area (Å²) in [5.41, 5.74) is 9.16. The van der Waals surface area contributed by atoms with Gasteiger partial charge in [-0.25, -0.2) is 4.98 Å². The van der Waals surface area contributed by atoms with E-state index in [0.717, 1.165) is 42.0 Å². The first-order valence-corrected chi connectivity index (χ1v) is 12.6. The summed E-state index contributed by atoms with van der Waals surface area (Å²) in [6.45, 7) is 2.67. The van der Waals surface area contributed by atoms with Crippen molar-refractivity contribution in [2.75, 3.05) is 22.9 Å². The largest absolute Gasteiger partial charge is 0.397 e. The van der Waals surface area contributed by atoms with Crippen molar-refractivity contribution in [1.29, 1.82) is 0 Å². The summed E-state index contributed by atoms with van der Waals surface area (Å²) in [6.07, 6.45) is 4.11. The molecular formula is C29H30N6O2. The van der Waals surface area contributed by atoms with Gasteiger partial charge >= 0.3 is 0 Å². The molecule has 0 unspecified atom stereocenters. The highest BCUT2D eigenvalue weighted by Crippen LogP contribution is 2.25. The molecule has 3 aromatic carbocycles. The quantitative estimate of drug-likeness (QED) is 0.111. The van der Waals surface area contributed by atoms with Gasteiger partial charge < -0.3 is 16.4 Å². The number of rotatable bonds is 9. The van der Waals surface area contributed by atoms with Crippen LogP contribution in [0.1, 0.15) is 37.7 Å². The predicted molar refractivity (Wildman–Crippen MR) is 150 cm³/mol. The molecule has 0 aliphatic rings. The summed E-state index contributed by atoms with van der Waals surface area (Å²) in [7, 11) is 0. The van der Waals surface area contributed by atoms with E-state index in [1.165, 1.54) is 4.52 Å². The van der Waals surface area contributed by atoms with Gasteiger partial charge in [-0.15, -0.1) is 5.10 Å². The Morgan fingerprint density at radius 3 is 2.51 bits per heavy atom. The number of amides is 1. The second kappa shape index (κ2) is 10.7. The minimum atomic E-state index is -0.173. The summed E-state index contributed by atoms with van der Waals surface area (Å²) in [6, 6.07) is 20.8. The third-order valence-electron chi connectivity index (χ3n) is 6.48. The number of anilines is 3. The zero-order valence-corrected chi connectivity index (χ0v) is 20.8. The van der Waals surface area contributed by atoms with Crippen molar-refractivity contribution in [3.8, 4) is 0 Å². The van der Waals surface area contributed by atoms with Crippen LogP contribution in [-0.2, 0) is 4.79 Å². The summed E-state index contributed by atoms with van der Waals surface area (Å²) in [4.78, 5) is 30.2. The summed E-state index contributed by atoms with van der Waals surface area (Å²) in [5, 5.41) is 13.3. The molecule has 37 heavy (non-hydrogen) atoms. The van der Waals surface area contributed by atoms with E-state index in [4.69, 9.17) is 10.7 Å². The Morgan fingerprint density at radius 1 is 0.919 bits per heavy atom. The molecule has 5 rings (SSSR count). The standard InChI is InChI=1S/C29H30N6O2/c1-19-15-16-24-22(18-19)29(37)35-28(33-24)21-11-6-5-10-20(21)27(34-35)31-17-9-3-2-4-14-26(36)32-25-13-8-7-12-23(25)30/h5-8,10-13,15-16,18H,2-4,9,14,17,30H2,1H3,(H,31,34)(H,32,36). The van der Waals surface area contributed by atoms with E-state index >= 15 is 0 Å². The smallest absolute Gasteiger partial charge is 0.282 e. The average Bonchev–Trinajstić information content (AvgIpc) is 2.90. The van der Waals surface area contributed by atoms with Crippen LogP contribution >= 0.6 is 0 Å². The van der Waals surface area contributed by atoms with Crippen molar-refractivity contribution in [3.63, 3.8) is 0 Å². The number of hydrogen-bond donors (Lipinski definition) is 3. The lowest BCUT2D eigenvalue weighted by Crippen LogP contribution is -2.20. The number of para-hydroxylation sites is 2. The fraction of sp³-hybridized carbons (Fsp3) is 0.241. The maximum atomic E-state index is 13.3. The van der Waals surface area contributed by atoms with Gasteiger partial charge in [-0.05, 0) is 44.0 Å². The van der Waals surface area contributed by atoms with Gasteiger partial charge in [0.2, 0.25) is 5.91 Å². The van der Waals surface area contributed by atoms with Crippen LogP contribution in [-0.4, -0.2) is 27.0 Å². The SMILES string of the molecule is Cc1ccc2nc3c4ccccc4c(NCCCCCCC(=O)Nc4ccccc4N)nn3c(=O)c2c1. The van der Waals surface area contributed by atoms with E-state index in [1.54, 1.807) is 12.1 Å². The molecule has 0 bridgehead atoms. The Kier molecular flexibility index (Phi) is 6.98. The molecular weight excluding hydrogens is 464 g/mol. The van der Waals surface area contributed by atoms with Crippen LogP contribution in [0.4, 0.5) is 17.2 Å². The van der Waals surface area contributed by atoms with Gasteiger partial charge in [0.15, 0.2) is 11.5 Å². The maximum Gasteiger partial charge on any atom is 0.282 e. The summed E-state index contributed by atoms with van der Waals surface area (Å²) >= 11 is 0. The Balaban J connectivity index is 1.21. The second-order valence-electron chi connectivity index (χ2n) is 9.29. The maximum absolute atomic E-state index is 13.3. The Labute approximate surface area is 214 Å². The van der Waals surface area contributed by atoms with Crippen LogP contribution < -0.4 is 21.9 Å². The van der Waals surface area contributed by atoms with Gasteiger partial charge in [0, 0.05) is 23.7 Å². The molecule has 0 fully saturated rings. The van der Waals surface area contributed by atoms with Crippen molar-refractivity contribution in [2.45, 2.75) is 39.0 Å². The number of aromatic nitrogens is 3. The fourth-order valence-corrected chi connectivity index (χ4v) is 4.52. The molecule has 0 atom stereocenters. The van der Waals surface area contributed by atoms with Crippen LogP contribution in [0, 0.1) is 6.92 Å². The molecule has 0 radical (unpaired) electrons. The highest BCUT2D eigenvalue weighted by molar-refractivity contribution is 6.01. The van der Waals surface area contributed by atoms with Crippen LogP contribution in [0.25, 0.3) is 27.3 Å². The molecule has 188 valence electrons. The third kappa shape index (κ3) is 5.23. The van der Waals surface area contributed by atoms with Gasteiger partial charge in [-0.2, -0.15) is 4.52 Å². The molecule has 0 saturated heterocycles. The Morgan fingerprint density at radius 2 is 1.68 bits per heavy atom. The van der Waals surface area contributed by atoms with E-state index in [0.29, 0.717) is 46.7 Å². The van der Waals surface area contributed by atoms with E-state index in [1.807, 2.05) is 61.5 Å². The Hall–Kier alpha value is -4.46. The highest BCUT2D eigenvalue weighted by atomic mass is 16.1. The summed E-state index contributed by atoms with van der Waals surface area (Å²) < 4.78 is 1.41. The Bertz CT molecular complexity index is 1660. The van der Waals surface area contributed by atoms with Gasteiger partial charge in [-0.1, -0.05) is 60.9 Å².